The summed E-state index contributed by atoms with van der Waals surface area (Å²) in [7, 11) is -2.78. The Morgan fingerprint density at radius 2 is 1.76 bits per heavy atom. The van der Waals surface area contributed by atoms with E-state index in [1.54, 1.807) is 12.1 Å². The number of hydrogen-bond acceptors (Lipinski definition) is 8. The van der Waals surface area contributed by atoms with Crippen LogP contribution < -0.4 is 5.32 Å². The number of hydrogen-bond donors (Lipinski definition) is 1. The van der Waals surface area contributed by atoms with E-state index in [2.05, 4.69) is 10.1 Å². The first-order chi connectivity index (χ1) is 15.7. The molecule has 1 fully saturated rings. The molecule has 1 N–H and O–H groups in total. The zero-order valence-electron chi connectivity index (χ0n) is 17.6. The number of anilines is 1. The van der Waals surface area contributed by atoms with Crippen molar-refractivity contribution >= 4 is 33.6 Å². The SMILES string of the molecule is COC(=O)c1ccccc1NC(=O)COC(=O)c1cc(S(=O)(=O)N2CCOCC2)ccc1F. The minimum absolute atomic E-state index is 0.0896. The van der Waals surface area contributed by atoms with E-state index in [4.69, 9.17) is 9.47 Å². The predicted octanol–water partition coefficient (Wildman–Crippen LogP) is 1.43. The van der Waals surface area contributed by atoms with Crippen molar-refractivity contribution < 1.29 is 41.4 Å². The second kappa shape index (κ2) is 10.5. The summed E-state index contributed by atoms with van der Waals surface area (Å²) in [5.41, 5.74) is -0.408. The molecular formula is C21H21FN2O8S. The second-order valence-corrected chi connectivity index (χ2v) is 8.76. The molecule has 2 aromatic carbocycles. The Morgan fingerprint density at radius 3 is 2.45 bits per heavy atom. The highest BCUT2D eigenvalue weighted by Crippen LogP contribution is 2.21. The highest BCUT2D eigenvalue weighted by molar-refractivity contribution is 7.89. The Hall–Kier alpha value is -3.35. The Bertz CT molecular complexity index is 1160. The summed E-state index contributed by atoms with van der Waals surface area (Å²) in [4.78, 5) is 36.0. The second-order valence-electron chi connectivity index (χ2n) is 6.82. The number of amides is 1. The first-order valence-corrected chi connectivity index (χ1v) is 11.2. The average Bonchev–Trinajstić information content (AvgIpc) is 2.83. The lowest BCUT2D eigenvalue weighted by molar-refractivity contribution is -0.119. The van der Waals surface area contributed by atoms with Gasteiger partial charge in [0.25, 0.3) is 5.91 Å². The fraction of sp³-hybridized carbons (Fsp3) is 0.286. The largest absolute Gasteiger partial charge is 0.465 e. The summed E-state index contributed by atoms with van der Waals surface area (Å²) in [5, 5.41) is 2.40. The van der Waals surface area contributed by atoms with Gasteiger partial charge in [-0.15, -0.1) is 0 Å². The third-order valence-corrected chi connectivity index (χ3v) is 6.60. The molecule has 176 valence electrons. The van der Waals surface area contributed by atoms with Crippen molar-refractivity contribution in [3.8, 4) is 0 Å². The van der Waals surface area contributed by atoms with Crippen LogP contribution in [0.5, 0.6) is 0 Å². The Morgan fingerprint density at radius 1 is 1.06 bits per heavy atom. The maximum Gasteiger partial charge on any atom is 0.341 e. The molecule has 10 nitrogen and oxygen atoms in total. The maximum absolute atomic E-state index is 14.2. The lowest BCUT2D eigenvalue weighted by Gasteiger charge is -2.26. The fourth-order valence-electron chi connectivity index (χ4n) is 3.03. The van der Waals surface area contributed by atoms with Crippen LogP contribution in [0.25, 0.3) is 0 Å². The van der Waals surface area contributed by atoms with Crippen molar-refractivity contribution in [1.29, 1.82) is 0 Å². The van der Waals surface area contributed by atoms with E-state index in [1.165, 1.54) is 23.5 Å². The van der Waals surface area contributed by atoms with Crippen molar-refractivity contribution in [3.63, 3.8) is 0 Å². The molecule has 3 rings (SSSR count). The molecule has 1 aliphatic heterocycles. The minimum atomic E-state index is -3.97. The molecule has 1 heterocycles. The number of nitrogens with one attached hydrogen (secondary N) is 1. The topological polar surface area (TPSA) is 128 Å². The van der Waals surface area contributed by atoms with Crippen LogP contribution in [-0.2, 0) is 29.0 Å². The Balaban J connectivity index is 1.69. The highest BCUT2D eigenvalue weighted by atomic mass is 32.2. The molecule has 1 saturated heterocycles. The highest BCUT2D eigenvalue weighted by Gasteiger charge is 2.28. The first kappa shape index (κ1) is 24.3. The first-order valence-electron chi connectivity index (χ1n) is 9.76. The molecule has 0 bridgehead atoms. The van der Waals surface area contributed by atoms with Gasteiger partial charge < -0.3 is 19.5 Å². The monoisotopic (exact) mass is 480 g/mol. The predicted molar refractivity (Wildman–Crippen MR) is 113 cm³/mol. The zero-order valence-corrected chi connectivity index (χ0v) is 18.4. The van der Waals surface area contributed by atoms with Crippen molar-refractivity contribution in [2.24, 2.45) is 0 Å². The zero-order chi connectivity index (χ0) is 24.0. The summed E-state index contributed by atoms with van der Waals surface area (Å²) < 4.78 is 55.5. The molecule has 0 radical (unpaired) electrons. The van der Waals surface area contributed by atoms with Gasteiger partial charge in [-0.2, -0.15) is 4.31 Å². The molecule has 0 aliphatic carbocycles. The van der Waals surface area contributed by atoms with Crippen LogP contribution in [0.15, 0.2) is 47.4 Å². The Labute approximate surface area is 189 Å². The molecule has 2 aromatic rings. The lowest BCUT2D eigenvalue weighted by Crippen LogP contribution is -2.40. The van der Waals surface area contributed by atoms with Gasteiger partial charge in [0, 0.05) is 13.1 Å². The average molecular weight is 480 g/mol. The van der Waals surface area contributed by atoms with Gasteiger partial charge in [-0.1, -0.05) is 12.1 Å². The molecule has 1 amide bonds. The van der Waals surface area contributed by atoms with Crippen LogP contribution in [-0.4, -0.2) is 70.6 Å². The van der Waals surface area contributed by atoms with Crippen LogP contribution in [0.3, 0.4) is 0 Å². The number of ether oxygens (including phenoxy) is 3. The van der Waals surface area contributed by atoms with Gasteiger partial charge in [0.2, 0.25) is 10.0 Å². The van der Waals surface area contributed by atoms with Gasteiger partial charge in [0.1, 0.15) is 5.82 Å². The van der Waals surface area contributed by atoms with E-state index < -0.39 is 45.9 Å². The molecule has 1 aliphatic rings. The third-order valence-electron chi connectivity index (χ3n) is 4.71. The maximum atomic E-state index is 14.2. The molecular weight excluding hydrogens is 459 g/mol. The standard InChI is InChI=1S/C21H21FN2O8S/c1-30-20(26)15-4-2-3-5-18(15)23-19(25)13-32-21(27)16-12-14(6-7-17(16)22)33(28,29)24-8-10-31-11-9-24/h2-7,12H,8-11,13H2,1H3,(H,23,25). The quantitative estimate of drug-likeness (QED) is 0.590. The number of rotatable bonds is 7. The van der Waals surface area contributed by atoms with E-state index in [9.17, 15) is 27.2 Å². The van der Waals surface area contributed by atoms with E-state index >= 15 is 0 Å². The molecule has 0 unspecified atom stereocenters. The Kier molecular flexibility index (Phi) is 7.74. The molecule has 0 atom stereocenters. The third kappa shape index (κ3) is 5.72. The van der Waals surface area contributed by atoms with Gasteiger partial charge in [0.05, 0.1) is 42.0 Å². The van der Waals surface area contributed by atoms with Gasteiger partial charge in [0.15, 0.2) is 6.61 Å². The molecule has 33 heavy (non-hydrogen) atoms. The molecule has 0 aromatic heterocycles. The van der Waals surface area contributed by atoms with Crippen LogP contribution in [0, 0.1) is 5.82 Å². The van der Waals surface area contributed by atoms with Gasteiger partial charge >= 0.3 is 11.9 Å². The summed E-state index contributed by atoms with van der Waals surface area (Å²) in [6, 6.07) is 8.79. The van der Waals surface area contributed by atoms with Gasteiger partial charge in [-0.05, 0) is 30.3 Å². The van der Waals surface area contributed by atoms with Crippen molar-refractivity contribution in [3.05, 3.63) is 59.4 Å². The van der Waals surface area contributed by atoms with Gasteiger partial charge in [-0.3, -0.25) is 4.79 Å². The number of para-hydroxylation sites is 1. The smallest absolute Gasteiger partial charge is 0.341 e. The van der Waals surface area contributed by atoms with Crippen molar-refractivity contribution in [1.82, 2.24) is 4.31 Å². The number of esters is 2. The number of morpholine rings is 1. The van der Waals surface area contributed by atoms with Crippen LogP contribution in [0.2, 0.25) is 0 Å². The number of halogens is 1. The minimum Gasteiger partial charge on any atom is -0.465 e. The van der Waals surface area contributed by atoms with E-state index in [1.807, 2.05) is 0 Å². The van der Waals surface area contributed by atoms with E-state index in [0.29, 0.717) is 0 Å². The van der Waals surface area contributed by atoms with Crippen LogP contribution >= 0.6 is 0 Å². The van der Waals surface area contributed by atoms with E-state index in [0.717, 1.165) is 18.2 Å². The number of benzene rings is 2. The van der Waals surface area contributed by atoms with Crippen molar-refractivity contribution in [2.75, 3.05) is 45.3 Å². The van der Waals surface area contributed by atoms with Gasteiger partial charge in [-0.25, -0.2) is 22.4 Å². The van der Waals surface area contributed by atoms with Crippen molar-refractivity contribution in [2.45, 2.75) is 4.90 Å². The normalized spacial score (nSPS) is 14.4. The number of methoxy groups -OCH3 is 1. The number of nitrogens with zero attached hydrogens (tertiary/aromatic N) is 1. The fourth-order valence-corrected chi connectivity index (χ4v) is 4.47. The molecule has 0 saturated carbocycles. The van der Waals surface area contributed by atoms with Crippen LogP contribution in [0.4, 0.5) is 10.1 Å². The molecule has 12 heteroatoms. The lowest BCUT2D eigenvalue weighted by atomic mass is 10.2. The van der Waals surface area contributed by atoms with Crippen LogP contribution in [0.1, 0.15) is 20.7 Å². The summed E-state index contributed by atoms with van der Waals surface area (Å²) in [6.07, 6.45) is 0. The summed E-state index contributed by atoms with van der Waals surface area (Å²) in [6.45, 7) is -0.0826. The molecule has 0 spiro atoms. The van der Waals surface area contributed by atoms with E-state index in [-0.39, 0.29) is 42.4 Å². The summed E-state index contributed by atoms with van der Waals surface area (Å²) >= 11 is 0. The number of carbonyl (C=O) groups is 3. The summed E-state index contributed by atoms with van der Waals surface area (Å²) in [5.74, 6) is -3.69. The number of sulfonamides is 1. The number of carbonyl (C=O) groups excluding carboxylic acids is 3.